The van der Waals surface area contributed by atoms with Crippen LogP contribution in [0, 0.1) is 0 Å². The van der Waals surface area contributed by atoms with Gasteiger partial charge in [0.2, 0.25) is 0 Å². The number of nitrogens with two attached hydrogens (primary N) is 1. The van der Waals surface area contributed by atoms with Crippen LogP contribution in [-0.2, 0) is 0 Å². The van der Waals surface area contributed by atoms with E-state index < -0.39 is 7.12 Å². The topological polar surface area (TPSA) is 81.8 Å². The van der Waals surface area contributed by atoms with Crippen molar-refractivity contribution < 1.29 is 10.0 Å². The summed E-state index contributed by atoms with van der Waals surface area (Å²) in [6.07, 6.45) is 4.08. The maximum Gasteiger partial charge on any atom is 0.451 e. The Morgan fingerprint density at radius 2 is 1.83 bits per heavy atom. The minimum Gasteiger partial charge on any atom is -0.427 e. The van der Waals surface area contributed by atoms with E-state index in [4.69, 9.17) is 15.8 Å². The van der Waals surface area contributed by atoms with Gasteiger partial charge >= 0.3 is 7.12 Å². The van der Waals surface area contributed by atoms with E-state index in [1.165, 1.54) is 0 Å². The van der Waals surface area contributed by atoms with Crippen molar-refractivity contribution in [3.05, 3.63) is 0 Å². The van der Waals surface area contributed by atoms with E-state index in [1.807, 2.05) is 0 Å². The summed E-state index contributed by atoms with van der Waals surface area (Å²) in [7, 11) is 2.94. The lowest BCUT2D eigenvalue weighted by molar-refractivity contribution is 0.358. The molecule has 0 aliphatic rings. The molecular weight excluding hydrogens is 229 g/mol. The second-order valence-corrected chi connectivity index (χ2v) is 5.68. The molecule has 0 radical (unpaired) electrons. The number of unbranched alkanes of at least 4 members (excludes halogenated alkanes) is 1. The van der Waals surface area contributed by atoms with Crippen LogP contribution in [-0.4, -0.2) is 61.3 Å². The van der Waals surface area contributed by atoms with Crippen LogP contribution in [0.5, 0.6) is 0 Å². The summed E-state index contributed by atoms with van der Waals surface area (Å²) in [6.45, 7) is 5.02. The summed E-state index contributed by atoms with van der Waals surface area (Å²) in [5.74, 6) is 0. The van der Waals surface area contributed by atoms with E-state index in [0.717, 1.165) is 45.3 Å². The van der Waals surface area contributed by atoms with Gasteiger partial charge in [-0.2, -0.15) is 0 Å². The van der Waals surface area contributed by atoms with Gasteiger partial charge in [0.1, 0.15) is 0 Å². The number of hydrogen-bond acceptors (Lipinski definition) is 5. The van der Waals surface area contributed by atoms with Gasteiger partial charge in [0.25, 0.3) is 0 Å². The lowest BCUT2D eigenvalue weighted by Crippen LogP contribution is -2.40. The number of nitrogens with one attached hydrogen (secondary N) is 1. The molecule has 18 heavy (non-hydrogen) atoms. The molecule has 0 aromatic carbocycles. The maximum absolute atomic E-state index is 8.74. The summed E-state index contributed by atoms with van der Waals surface area (Å²) < 4.78 is 0. The van der Waals surface area contributed by atoms with E-state index in [0.29, 0.717) is 6.32 Å². The quantitative estimate of drug-likeness (QED) is 0.307. The normalized spacial score (nSPS) is 14.8. The van der Waals surface area contributed by atoms with E-state index in [9.17, 15) is 0 Å². The molecule has 6 heteroatoms. The van der Waals surface area contributed by atoms with Crippen molar-refractivity contribution in [1.82, 2.24) is 10.2 Å². The SMILES string of the molecule is CN(C)CCNCCC(C)(N)CCCCB(O)O. The van der Waals surface area contributed by atoms with Crippen molar-refractivity contribution in [2.75, 3.05) is 33.7 Å². The first-order valence-corrected chi connectivity index (χ1v) is 6.84. The van der Waals surface area contributed by atoms with E-state index in [1.54, 1.807) is 0 Å². The summed E-state index contributed by atoms with van der Waals surface area (Å²) >= 11 is 0. The highest BCUT2D eigenvalue weighted by atomic mass is 16.4. The van der Waals surface area contributed by atoms with Crippen molar-refractivity contribution >= 4 is 7.12 Å². The van der Waals surface area contributed by atoms with E-state index in [2.05, 4.69) is 31.2 Å². The second-order valence-electron chi connectivity index (χ2n) is 5.68. The van der Waals surface area contributed by atoms with Crippen LogP contribution < -0.4 is 11.1 Å². The molecule has 1 unspecified atom stereocenters. The maximum atomic E-state index is 8.74. The Hall–Kier alpha value is -0.135. The Morgan fingerprint density at radius 1 is 1.17 bits per heavy atom. The average Bonchev–Trinajstić information content (AvgIpc) is 2.23. The lowest BCUT2D eigenvalue weighted by Gasteiger charge is -2.25. The highest BCUT2D eigenvalue weighted by molar-refractivity contribution is 6.40. The van der Waals surface area contributed by atoms with E-state index >= 15 is 0 Å². The largest absolute Gasteiger partial charge is 0.451 e. The smallest absolute Gasteiger partial charge is 0.427 e. The molecule has 5 nitrogen and oxygen atoms in total. The van der Waals surface area contributed by atoms with Crippen molar-refractivity contribution in [3.63, 3.8) is 0 Å². The van der Waals surface area contributed by atoms with Gasteiger partial charge < -0.3 is 26.0 Å². The fourth-order valence-electron chi connectivity index (χ4n) is 1.78. The zero-order chi connectivity index (χ0) is 14.0. The molecule has 0 rings (SSSR count). The molecule has 0 aromatic rings. The summed E-state index contributed by atoms with van der Waals surface area (Å²) in [5, 5.41) is 20.9. The fraction of sp³-hybridized carbons (Fsp3) is 1.00. The highest BCUT2D eigenvalue weighted by Crippen LogP contribution is 2.15. The first kappa shape index (κ1) is 17.9. The van der Waals surface area contributed by atoms with Crippen LogP contribution in [0.25, 0.3) is 0 Å². The summed E-state index contributed by atoms with van der Waals surface area (Å²) in [4.78, 5) is 2.15. The van der Waals surface area contributed by atoms with Gasteiger partial charge in [0.05, 0.1) is 0 Å². The summed E-state index contributed by atoms with van der Waals surface area (Å²) in [5.41, 5.74) is 6.04. The zero-order valence-electron chi connectivity index (χ0n) is 12.2. The molecule has 0 saturated heterocycles. The minimum absolute atomic E-state index is 0.161. The number of nitrogens with zero attached hydrogens (tertiary/aromatic N) is 1. The molecule has 0 spiro atoms. The monoisotopic (exact) mass is 259 g/mol. The standard InChI is InChI=1S/C12H30BN3O2/c1-12(14,6-4-5-8-13(17)18)7-9-15-10-11-16(2)3/h15,17-18H,4-11,14H2,1-3H3. The fourth-order valence-corrected chi connectivity index (χ4v) is 1.78. The van der Waals surface area contributed by atoms with Crippen molar-refractivity contribution in [1.29, 1.82) is 0 Å². The molecule has 0 aliphatic carbocycles. The van der Waals surface area contributed by atoms with Gasteiger partial charge in [-0.1, -0.05) is 12.8 Å². The van der Waals surface area contributed by atoms with Crippen LogP contribution in [0.4, 0.5) is 0 Å². The molecule has 0 saturated carbocycles. The van der Waals surface area contributed by atoms with Gasteiger partial charge in [-0.05, 0) is 46.7 Å². The lowest BCUT2D eigenvalue weighted by atomic mass is 9.82. The molecule has 0 bridgehead atoms. The summed E-state index contributed by atoms with van der Waals surface area (Å²) in [6, 6.07) is 0. The average molecular weight is 259 g/mol. The first-order valence-electron chi connectivity index (χ1n) is 6.84. The molecule has 0 fully saturated rings. The number of hydrogen-bond donors (Lipinski definition) is 4. The van der Waals surface area contributed by atoms with Crippen LogP contribution in [0.1, 0.15) is 32.6 Å². The van der Waals surface area contributed by atoms with Crippen molar-refractivity contribution in [2.45, 2.75) is 44.5 Å². The van der Waals surface area contributed by atoms with Crippen molar-refractivity contribution in [3.8, 4) is 0 Å². The van der Waals surface area contributed by atoms with Gasteiger partial charge in [-0.3, -0.25) is 0 Å². The second kappa shape index (κ2) is 9.75. The minimum atomic E-state index is -1.18. The van der Waals surface area contributed by atoms with Gasteiger partial charge in [-0.15, -0.1) is 0 Å². The Labute approximate surface area is 112 Å². The van der Waals surface area contributed by atoms with Crippen LogP contribution in [0.2, 0.25) is 6.32 Å². The Bertz CT molecular complexity index is 202. The van der Waals surface area contributed by atoms with E-state index in [-0.39, 0.29) is 5.54 Å². The zero-order valence-corrected chi connectivity index (χ0v) is 12.2. The molecule has 0 heterocycles. The molecule has 108 valence electrons. The first-order chi connectivity index (χ1) is 8.33. The van der Waals surface area contributed by atoms with Crippen LogP contribution >= 0.6 is 0 Å². The number of rotatable bonds is 11. The number of likely N-dealkylation sites (N-methyl/N-ethyl adjacent to an activating group) is 1. The Morgan fingerprint density at radius 3 is 2.39 bits per heavy atom. The molecule has 1 atom stereocenters. The Balaban J connectivity index is 3.48. The van der Waals surface area contributed by atoms with Gasteiger partial charge in [0, 0.05) is 18.6 Å². The highest BCUT2D eigenvalue weighted by Gasteiger charge is 2.17. The van der Waals surface area contributed by atoms with Crippen LogP contribution in [0.3, 0.4) is 0 Å². The molecule has 0 aromatic heterocycles. The molecule has 5 N–H and O–H groups in total. The third-order valence-corrected chi connectivity index (χ3v) is 3.07. The van der Waals surface area contributed by atoms with Crippen molar-refractivity contribution in [2.24, 2.45) is 5.73 Å². The molecule has 0 aliphatic heterocycles. The Kier molecular flexibility index (Phi) is 9.68. The molecule has 0 amide bonds. The molecular formula is C12H30BN3O2. The predicted octanol–water partition coefficient (Wildman–Crippen LogP) is -0.112. The van der Waals surface area contributed by atoms with Gasteiger partial charge in [-0.25, -0.2) is 0 Å². The predicted molar refractivity (Wildman–Crippen MR) is 77.5 cm³/mol. The van der Waals surface area contributed by atoms with Crippen LogP contribution in [0.15, 0.2) is 0 Å². The third-order valence-electron chi connectivity index (χ3n) is 3.07. The third kappa shape index (κ3) is 12.3. The van der Waals surface area contributed by atoms with Gasteiger partial charge in [0.15, 0.2) is 0 Å².